The number of nitrogen functional groups attached to an aromatic ring is 1. The Labute approximate surface area is 248 Å². The van der Waals surface area contributed by atoms with Gasteiger partial charge in [-0.05, 0) is 123 Å². The molecule has 3 aromatic carbocycles. The van der Waals surface area contributed by atoms with E-state index in [1.165, 1.54) is 23.0 Å². The molecular weight excluding hydrogens is 553 g/mol. The predicted octanol–water partition coefficient (Wildman–Crippen LogP) is 7.38. The fraction of sp³-hybridized carbons (Fsp3) is 0.294. The molecule has 6 nitrogen and oxygen atoms in total. The van der Waals surface area contributed by atoms with Gasteiger partial charge in [0.05, 0.1) is 17.4 Å². The Bertz CT molecular complexity index is 1750. The van der Waals surface area contributed by atoms with Crippen LogP contribution in [-0.4, -0.2) is 39.6 Å². The Morgan fingerprint density at radius 3 is 2.53 bits per heavy atom. The Hall–Kier alpha value is -4.37. The molecule has 2 aliphatic rings. The van der Waals surface area contributed by atoms with Crippen molar-refractivity contribution in [3.05, 3.63) is 106 Å². The van der Waals surface area contributed by atoms with Crippen molar-refractivity contribution in [2.45, 2.75) is 52.0 Å². The molecule has 0 bridgehead atoms. The third-order valence-electron chi connectivity index (χ3n) is 8.55. The number of likely N-dealkylation sites (tertiary alicyclic amines) is 1. The zero-order chi connectivity index (χ0) is 30.4. The van der Waals surface area contributed by atoms with Gasteiger partial charge in [-0.25, -0.2) is 13.5 Å². The fourth-order valence-corrected chi connectivity index (χ4v) is 6.08. The summed E-state index contributed by atoms with van der Waals surface area (Å²) < 4.78 is 49.8. The topological polar surface area (TPSA) is 73.4 Å². The van der Waals surface area contributed by atoms with Gasteiger partial charge in [0.15, 0.2) is 17.3 Å². The molecule has 0 spiro atoms. The first kappa shape index (κ1) is 28.7. The molecule has 2 heterocycles. The van der Waals surface area contributed by atoms with Crippen molar-refractivity contribution in [3.63, 3.8) is 0 Å². The van der Waals surface area contributed by atoms with E-state index in [4.69, 9.17) is 10.5 Å². The molecule has 1 aromatic heterocycles. The van der Waals surface area contributed by atoms with Crippen molar-refractivity contribution in [2.75, 3.05) is 18.8 Å². The van der Waals surface area contributed by atoms with Gasteiger partial charge in [-0.1, -0.05) is 6.07 Å². The number of anilines is 1. The van der Waals surface area contributed by atoms with Gasteiger partial charge >= 0.3 is 0 Å². The molecule has 0 unspecified atom stereocenters. The van der Waals surface area contributed by atoms with Crippen molar-refractivity contribution in [2.24, 2.45) is 0 Å². The van der Waals surface area contributed by atoms with Gasteiger partial charge in [0.25, 0.3) is 0 Å². The number of carbonyl (C=O) groups is 1. The number of ketones is 1. The molecular formula is C34H33F3N4O2. The summed E-state index contributed by atoms with van der Waals surface area (Å²) >= 11 is 0. The lowest BCUT2D eigenvalue weighted by molar-refractivity contribution is 0.103. The van der Waals surface area contributed by atoms with Gasteiger partial charge in [-0.3, -0.25) is 4.79 Å². The highest BCUT2D eigenvalue weighted by molar-refractivity contribution is 6.15. The predicted molar refractivity (Wildman–Crippen MR) is 160 cm³/mol. The number of benzene rings is 3. The number of aromatic nitrogens is 2. The van der Waals surface area contributed by atoms with Crippen LogP contribution in [0.3, 0.4) is 0 Å². The van der Waals surface area contributed by atoms with Crippen LogP contribution < -0.4 is 10.5 Å². The summed E-state index contributed by atoms with van der Waals surface area (Å²) in [5.41, 5.74) is 10.9. The molecule has 4 aromatic rings. The number of allylic oxidation sites excluding steroid dienone is 1. The Balaban J connectivity index is 1.20. The van der Waals surface area contributed by atoms with Crippen LogP contribution in [0.2, 0.25) is 0 Å². The number of ether oxygens (including phenoxy) is 1. The summed E-state index contributed by atoms with van der Waals surface area (Å²) in [6, 6.07) is 12.6. The number of halogens is 3. The number of carbonyl (C=O) groups excluding carboxylic acids is 1. The van der Waals surface area contributed by atoms with Crippen LogP contribution in [-0.2, 0) is 6.42 Å². The number of Topliss-reactive ketones (excluding diaryl/α,β-unsaturated/α-hetero) is 1. The van der Waals surface area contributed by atoms with E-state index in [1.54, 1.807) is 31.2 Å². The van der Waals surface area contributed by atoms with Crippen molar-refractivity contribution < 1.29 is 22.7 Å². The number of fused-ring (bicyclic) bond motifs is 1. The van der Waals surface area contributed by atoms with Crippen molar-refractivity contribution in [1.82, 2.24) is 14.7 Å². The Morgan fingerprint density at radius 2 is 1.81 bits per heavy atom. The molecule has 1 aliphatic carbocycles. The monoisotopic (exact) mass is 586 g/mol. The van der Waals surface area contributed by atoms with Crippen LogP contribution in [0.5, 0.6) is 11.5 Å². The van der Waals surface area contributed by atoms with Gasteiger partial charge in [0.2, 0.25) is 5.82 Å². The minimum atomic E-state index is -1.07. The second-order valence-corrected chi connectivity index (χ2v) is 11.6. The van der Waals surface area contributed by atoms with Gasteiger partial charge < -0.3 is 15.4 Å². The zero-order valence-corrected chi connectivity index (χ0v) is 24.3. The average molecular weight is 587 g/mol. The van der Waals surface area contributed by atoms with Gasteiger partial charge in [-0.15, -0.1) is 0 Å². The average Bonchev–Trinajstić information content (AvgIpc) is 3.58. The number of hydrogen-bond donors (Lipinski definition) is 1. The SMILES string of the molecule is Cc1cc(Oc2cccc(F)c2F)ccc1-n1ncc(C(=O)C2=Cc3cc(C4CCN(C(C)C)CC4)c(F)cc3C2)c1N. The lowest BCUT2D eigenvalue weighted by atomic mass is 9.87. The van der Waals surface area contributed by atoms with Crippen LogP contribution in [0.15, 0.2) is 60.3 Å². The third-order valence-corrected chi connectivity index (χ3v) is 8.55. The minimum absolute atomic E-state index is 0.162. The highest BCUT2D eigenvalue weighted by Crippen LogP contribution is 2.37. The first-order valence-electron chi connectivity index (χ1n) is 14.5. The van der Waals surface area contributed by atoms with E-state index < -0.39 is 11.6 Å². The Kier molecular flexibility index (Phi) is 7.60. The number of nitrogens with zero attached hydrogens (tertiary/aromatic N) is 3. The van der Waals surface area contributed by atoms with Crippen LogP contribution in [0.25, 0.3) is 11.8 Å². The molecule has 6 rings (SSSR count). The van der Waals surface area contributed by atoms with Crippen LogP contribution >= 0.6 is 0 Å². The van der Waals surface area contributed by atoms with E-state index in [-0.39, 0.29) is 34.6 Å². The summed E-state index contributed by atoms with van der Waals surface area (Å²) in [5, 5.41) is 4.36. The highest BCUT2D eigenvalue weighted by Gasteiger charge is 2.28. The molecule has 1 saturated heterocycles. The molecule has 0 radical (unpaired) electrons. The zero-order valence-electron chi connectivity index (χ0n) is 24.3. The maximum absolute atomic E-state index is 15.2. The molecule has 1 aliphatic heterocycles. The van der Waals surface area contributed by atoms with E-state index in [1.807, 2.05) is 12.1 Å². The third kappa shape index (κ3) is 5.45. The highest BCUT2D eigenvalue weighted by atomic mass is 19.2. The van der Waals surface area contributed by atoms with E-state index >= 15 is 4.39 Å². The molecule has 222 valence electrons. The first-order valence-corrected chi connectivity index (χ1v) is 14.5. The van der Waals surface area contributed by atoms with Crippen molar-refractivity contribution in [1.29, 1.82) is 0 Å². The molecule has 43 heavy (non-hydrogen) atoms. The standard InChI is InChI=1S/C34H33F3N4O2/c1-19(2)40-11-9-21(10-12-40)26-16-22-14-24(15-23(22)17-29(26)36)33(42)27-18-39-41(34(27)38)30-8-7-25(13-20(30)3)43-31-6-4-5-28(35)32(31)37/h4-8,13-14,16-19,21H,9-12,15,38H2,1-3H3. The largest absolute Gasteiger partial charge is 0.454 e. The summed E-state index contributed by atoms with van der Waals surface area (Å²) in [6.07, 6.45) is 5.41. The molecule has 0 amide bonds. The van der Waals surface area contributed by atoms with Gasteiger partial charge in [-0.2, -0.15) is 9.49 Å². The molecule has 2 N–H and O–H groups in total. The molecule has 9 heteroatoms. The quantitative estimate of drug-likeness (QED) is 0.229. The van der Waals surface area contributed by atoms with E-state index in [0.717, 1.165) is 48.7 Å². The lowest BCUT2D eigenvalue weighted by Gasteiger charge is -2.35. The van der Waals surface area contributed by atoms with Crippen LogP contribution in [0, 0.1) is 24.4 Å². The summed E-state index contributed by atoms with van der Waals surface area (Å²) in [5.74, 6) is -2.13. The normalized spacial score (nSPS) is 15.6. The fourth-order valence-electron chi connectivity index (χ4n) is 6.08. The maximum Gasteiger partial charge on any atom is 0.201 e. The van der Waals surface area contributed by atoms with Crippen molar-refractivity contribution in [3.8, 4) is 17.2 Å². The molecule has 0 atom stereocenters. The number of rotatable bonds is 7. The van der Waals surface area contributed by atoms with Crippen molar-refractivity contribution >= 4 is 17.7 Å². The van der Waals surface area contributed by atoms with E-state index in [9.17, 15) is 13.6 Å². The second kappa shape index (κ2) is 11.4. The second-order valence-electron chi connectivity index (χ2n) is 11.6. The minimum Gasteiger partial charge on any atom is -0.454 e. The summed E-state index contributed by atoms with van der Waals surface area (Å²) in [7, 11) is 0. The summed E-state index contributed by atoms with van der Waals surface area (Å²) in [6.45, 7) is 8.05. The van der Waals surface area contributed by atoms with E-state index in [2.05, 4.69) is 23.8 Å². The number of piperidine rings is 1. The number of hydrogen-bond acceptors (Lipinski definition) is 5. The number of aryl methyl sites for hydroxylation is 1. The summed E-state index contributed by atoms with van der Waals surface area (Å²) in [4.78, 5) is 16.0. The number of nitrogens with two attached hydrogens (primary N) is 1. The van der Waals surface area contributed by atoms with Crippen LogP contribution in [0.4, 0.5) is 19.0 Å². The first-order chi connectivity index (χ1) is 20.6. The van der Waals surface area contributed by atoms with Gasteiger partial charge in [0.1, 0.15) is 17.4 Å². The van der Waals surface area contributed by atoms with Gasteiger partial charge in [0, 0.05) is 18.0 Å². The Morgan fingerprint density at radius 1 is 1.05 bits per heavy atom. The maximum atomic E-state index is 15.2. The molecule has 0 saturated carbocycles. The smallest absolute Gasteiger partial charge is 0.201 e. The van der Waals surface area contributed by atoms with E-state index in [0.29, 0.717) is 35.0 Å². The van der Waals surface area contributed by atoms with Crippen LogP contribution in [0.1, 0.15) is 65.2 Å². The molecule has 1 fully saturated rings. The lowest BCUT2D eigenvalue weighted by Crippen LogP contribution is -2.38.